The van der Waals surface area contributed by atoms with E-state index in [0.29, 0.717) is 36.5 Å². The van der Waals surface area contributed by atoms with Gasteiger partial charge in [0, 0.05) is 13.1 Å². The zero-order chi connectivity index (χ0) is 13.3. The van der Waals surface area contributed by atoms with Gasteiger partial charge < -0.3 is 4.57 Å². The van der Waals surface area contributed by atoms with Gasteiger partial charge in [0.2, 0.25) is 0 Å². The summed E-state index contributed by atoms with van der Waals surface area (Å²) in [6.45, 7) is 4.76. The van der Waals surface area contributed by atoms with Crippen LogP contribution in [0.2, 0.25) is 0 Å². The van der Waals surface area contributed by atoms with Crippen molar-refractivity contribution in [3.8, 4) is 12.3 Å². The van der Waals surface area contributed by atoms with Gasteiger partial charge in [-0.15, -0.1) is 6.42 Å². The van der Waals surface area contributed by atoms with E-state index in [0.717, 1.165) is 0 Å². The lowest BCUT2D eigenvalue weighted by Gasteiger charge is -2.03. The summed E-state index contributed by atoms with van der Waals surface area (Å²) in [7, 11) is 0. The van der Waals surface area contributed by atoms with E-state index in [1.54, 1.807) is 4.57 Å². The maximum atomic E-state index is 11.9. The predicted octanol–water partition coefficient (Wildman–Crippen LogP) is 0.102. The Bertz CT molecular complexity index is 742. The molecule has 2 heterocycles. The first kappa shape index (κ1) is 12.2. The molecule has 0 aliphatic rings. The molecule has 0 fully saturated rings. The molecule has 0 bridgehead atoms. The van der Waals surface area contributed by atoms with Crippen LogP contribution in [-0.4, -0.2) is 19.1 Å². The second-order valence-electron chi connectivity index (χ2n) is 3.83. The van der Waals surface area contributed by atoms with Gasteiger partial charge in [0.05, 0.1) is 6.42 Å². The Hall–Kier alpha value is -2.29. The quantitative estimate of drug-likeness (QED) is 0.781. The van der Waals surface area contributed by atoms with Crippen molar-refractivity contribution in [2.45, 2.75) is 33.4 Å². The lowest BCUT2D eigenvalue weighted by molar-refractivity contribution is 0.716. The van der Waals surface area contributed by atoms with Crippen molar-refractivity contribution < 1.29 is 0 Å². The van der Waals surface area contributed by atoms with Gasteiger partial charge >= 0.3 is 5.69 Å². The summed E-state index contributed by atoms with van der Waals surface area (Å²) in [4.78, 5) is 30.2. The fourth-order valence-corrected chi connectivity index (χ4v) is 2.08. The molecular weight excluding hydrogens is 232 g/mol. The smallest absolute Gasteiger partial charge is 0.322 e. The van der Waals surface area contributed by atoms with Crippen LogP contribution >= 0.6 is 0 Å². The lowest BCUT2D eigenvalue weighted by Crippen LogP contribution is -2.30. The summed E-state index contributed by atoms with van der Waals surface area (Å²) in [6, 6.07) is 0. The Morgan fingerprint density at radius 1 is 1.28 bits per heavy atom. The maximum absolute atomic E-state index is 11.9. The molecule has 0 saturated heterocycles. The third-order valence-electron chi connectivity index (χ3n) is 2.86. The van der Waals surface area contributed by atoms with E-state index in [4.69, 9.17) is 6.42 Å². The van der Waals surface area contributed by atoms with Crippen molar-refractivity contribution in [1.82, 2.24) is 19.1 Å². The molecule has 0 aliphatic heterocycles. The zero-order valence-corrected chi connectivity index (χ0v) is 10.4. The van der Waals surface area contributed by atoms with Crippen LogP contribution in [0.5, 0.6) is 0 Å². The van der Waals surface area contributed by atoms with Crippen molar-refractivity contribution in [3.05, 3.63) is 26.7 Å². The van der Waals surface area contributed by atoms with Crippen LogP contribution in [0.4, 0.5) is 0 Å². The molecule has 2 aromatic heterocycles. The minimum Gasteiger partial charge on any atom is -0.322 e. The number of aromatic amines is 1. The number of aryl methyl sites for hydroxylation is 2. The van der Waals surface area contributed by atoms with Gasteiger partial charge in [-0.3, -0.25) is 14.3 Å². The molecule has 94 valence electrons. The molecular formula is C12H14N4O2. The molecule has 0 aliphatic carbocycles. The largest absolute Gasteiger partial charge is 0.330 e. The van der Waals surface area contributed by atoms with Gasteiger partial charge in [0.25, 0.3) is 5.56 Å². The number of imidazole rings is 1. The van der Waals surface area contributed by atoms with Gasteiger partial charge in [-0.1, -0.05) is 5.92 Å². The monoisotopic (exact) mass is 246 g/mol. The van der Waals surface area contributed by atoms with Crippen molar-refractivity contribution in [3.63, 3.8) is 0 Å². The summed E-state index contributed by atoms with van der Waals surface area (Å²) in [5.41, 5.74) is -0.0529. The predicted molar refractivity (Wildman–Crippen MR) is 68.5 cm³/mol. The Morgan fingerprint density at radius 3 is 2.50 bits per heavy atom. The molecule has 0 atom stereocenters. The van der Waals surface area contributed by atoms with E-state index in [-0.39, 0.29) is 0 Å². The minimum absolute atomic E-state index is 0.333. The second kappa shape index (κ2) is 4.53. The average molecular weight is 246 g/mol. The van der Waals surface area contributed by atoms with Gasteiger partial charge in [-0.05, 0) is 13.8 Å². The van der Waals surface area contributed by atoms with E-state index in [1.165, 1.54) is 4.57 Å². The molecule has 2 aromatic rings. The van der Waals surface area contributed by atoms with E-state index in [1.807, 2.05) is 13.8 Å². The molecule has 6 heteroatoms. The van der Waals surface area contributed by atoms with Crippen LogP contribution in [0.15, 0.2) is 9.59 Å². The van der Waals surface area contributed by atoms with Crippen molar-refractivity contribution in [1.29, 1.82) is 0 Å². The summed E-state index contributed by atoms with van der Waals surface area (Å²) < 4.78 is 3.18. The van der Waals surface area contributed by atoms with Gasteiger partial charge in [0.15, 0.2) is 11.2 Å². The number of fused-ring (bicyclic) bond motifs is 1. The van der Waals surface area contributed by atoms with Crippen LogP contribution in [0.3, 0.4) is 0 Å². The summed E-state index contributed by atoms with van der Waals surface area (Å²) in [6.07, 6.45) is 5.62. The molecule has 0 amide bonds. The number of nitrogens with one attached hydrogen (secondary N) is 1. The van der Waals surface area contributed by atoms with Crippen molar-refractivity contribution in [2.75, 3.05) is 0 Å². The first-order valence-corrected chi connectivity index (χ1v) is 5.79. The first-order chi connectivity index (χ1) is 8.63. The molecule has 0 saturated carbocycles. The van der Waals surface area contributed by atoms with Crippen molar-refractivity contribution in [2.24, 2.45) is 0 Å². The van der Waals surface area contributed by atoms with E-state index < -0.39 is 11.2 Å². The van der Waals surface area contributed by atoms with Crippen LogP contribution in [0, 0.1) is 12.3 Å². The molecule has 1 N–H and O–H groups in total. The normalized spacial score (nSPS) is 10.7. The second-order valence-corrected chi connectivity index (χ2v) is 3.83. The fraction of sp³-hybridized carbons (Fsp3) is 0.417. The Morgan fingerprint density at radius 2 is 1.94 bits per heavy atom. The van der Waals surface area contributed by atoms with Crippen LogP contribution in [0.25, 0.3) is 11.2 Å². The van der Waals surface area contributed by atoms with Gasteiger partial charge in [0.1, 0.15) is 5.82 Å². The van der Waals surface area contributed by atoms with Crippen LogP contribution < -0.4 is 11.2 Å². The van der Waals surface area contributed by atoms with Crippen molar-refractivity contribution >= 4 is 11.2 Å². The fourth-order valence-electron chi connectivity index (χ4n) is 2.08. The number of rotatable bonds is 3. The SMILES string of the molecule is C#CCc1nc2c(c(=O)[nH]c(=O)n2CC)n1CC. The first-order valence-electron chi connectivity index (χ1n) is 5.79. The summed E-state index contributed by atoms with van der Waals surface area (Å²) >= 11 is 0. The number of hydrogen-bond acceptors (Lipinski definition) is 3. The highest BCUT2D eigenvalue weighted by atomic mass is 16.2. The molecule has 0 radical (unpaired) electrons. The van der Waals surface area contributed by atoms with Gasteiger partial charge in [-0.2, -0.15) is 0 Å². The molecule has 6 nitrogen and oxygen atoms in total. The average Bonchev–Trinajstić information content (AvgIpc) is 2.68. The zero-order valence-electron chi connectivity index (χ0n) is 10.4. The van der Waals surface area contributed by atoms with Crippen LogP contribution in [0.1, 0.15) is 19.7 Å². The third kappa shape index (κ3) is 1.64. The molecule has 2 rings (SSSR count). The topological polar surface area (TPSA) is 72.7 Å². The Balaban J connectivity index is 2.96. The number of nitrogens with zero attached hydrogens (tertiary/aromatic N) is 3. The van der Waals surface area contributed by atoms with E-state index in [2.05, 4.69) is 15.9 Å². The third-order valence-corrected chi connectivity index (χ3v) is 2.86. The standard InChI is InChI=1S/C12H14N4O2/c1-4-7-8-13-10-9(15(8)5-2)11(17)14-12(18)16(10)6-3/h1H,5-7H2,2-3H3,(H,14,17,18). The molecule has 0 aromatic carbocycles. The summed E-state index contributed by atoms with van der Waals surface area (Å²) in [5.74, 6) is 3.14. The Kier molecular flexibility index (Phi) is 3.06. The highest BCUT2D eigenvalue weighted by molar-refractivity contribution is 5.71. The lowest BCUT2D eigenvalue weighted by atomic mass is 10.4. The summed E-state index contributed by atoms with van der Waals surface area (Å²) in [5, 5.41) is 0. The van der Waals surface area contributed by atoms with Crippen LogP contribution in [-0.2, 0) is 19.5 Å². The van der Waals surface area contributed by atoms with E-state index >= 15 is 0 Å². The number of aromatic nitrogens is 4. The molecule has 18 heavy (non-hydrogen) atoms. The number of hydrogen-bond donors (Lipinski definition) is 1. The number of terminal acetylenes is 1. The molecule has 0 spiro atoms. The van der Waals surface area contributed by atoms with E-state index in [9.17, 15) is 9.59 Å². The molecule has 0 unspecified atom stereocenters. The Labute approximate surface area is 103 Å². The maximum Gasteiger partial charge on any atom is 0.330 e. The number of H-pyrrole nitrogens is 1. The minimum atomic E-state index is -0.442. The highest BCUT2D eigenvalue weighted by Crippen LogP contribution is 2.11. The van der Waals surface area contributed by atoms with Gasteiger partial charge in [-0.25, -0.2) is 9.78 Å². The highest BCUT2D eigenvalue weighted by Gasteiger charge is 2.16.